The molecule has 0 fully saturated rings. The van der Waals surface area contributed by atoms with Gasteiger partial charge in [0, 0.05) is 27.7 Å². The first kappa shape index (κ1) is 21.6. The number of nitrogens with zero attached hydrogens (tertiary/aromatic N) is 2. The van der Waals surface area contributed by atoms with Crippen molar-refractivity contribution < 1.29 is 22.7 Å². The fourth-order valence-electron chi connectivity index (χ4n) is 2.50. The van der Waals surface area contributed by atoms with Crippen LogP contribution < -0.4 is 0 Å². The average Bonchev–Trinajstić information content (AvgIpc) is 2.67. The van der Waals surface area contributed by atoms with Gasteiger partial charge in [-0.2, -0.15) is 0 Å². The predicted octanol–water partition coefficient (Wildman–Crippen LogP) is 2.14. The van der Waals surface area contributed by atoms with Crippen molar-refractivity contribution in [1.29, 1.82) is 0 Å². The maximum Gasteiger partial charge on any atom is 0.338 e. The first-order valence-electron chi connectivity index (χ1n) is 8.65. The Morgan fingerprint density at radius 2 is 1.54 bits per heavy atom. The van der Waals surface area contributed by atoms with Crippen LogP contribution in [0.4, 0.5) is 0 Å². The molecule has 150 valence electrons. The van der Waals surface area contributed by atoms with Gasteiger partial charge < -0.3 is 9.64 Å². The molecule has 0 aliphatic heterocycles. The van der Waals surface area contributed by atoms with Crippen molar-refractivity contribution in [2.45, 2.75) is 24.5 Å². The zero-order chi connectivity index (χ0) is 20.9. The van der Waals surface area contributed by atoms with Gasteiger partial charge in [-0.1, -0.05) is 30.3 Å². The van der Waals surface area contributed by atoms with Crippen LogP contribution in [0.1, 0.15) is 22.8 Å². The summed E-state index contributed by atoms with van der Waals surface area (Å²) in [7, 11) is 0.918. The number of esters is 1. The molecule has 1 atom stereocenters. The minimum absolute atomic E-state index is 0.0702. The summed E-state index contributed by atoms with van der Waals surface area (Å²) < 4.78 is 30.5. The fraction of sp³-hybridized carbons (Fsp3) is 0.300. The van der Waals surface area contributed by atoms with Crippen LogP contribution in [0.2, 0.25) is 0 Å². The quantitative estimate of drug-likeness (QED) is 0.660. The van der Waals surface area contributed by atoms with Crippen molar-refractivity contribution in [2.24, 2.45) is 0 Å². The van der Waals surface area contributed by atoms with Gasteiger partial charge in [0.15, 0.2) is 6.10 Å². The van der Waals surface area contributed by atoms with Gasteiger partial charge in [0.25, 0.3) is 5.91 Å². The summed E-state index contributed by atoms with van der Waals surface area (Å²) in [5, 5.41) is 0. The predicted molar refractivity (Wildman–Crippen MR) is 105 cm³/mol. The lowest BCUT2D eigenvalue weighted by Gasteiger charge is -2.21. The second-order valence-corrected chi connectivity index (χ2v) is 8.69. The van der Waals surface area contributed by atoms with Crippen molar-refractivity contribution >= 4 is 21.9 Å². The topological polar surface area (TPSA) is 84.0 Å². The Morgan fingerprint density at radius 3 is 2.07 bits per heavy atom. The third kappa shape index (κ3) is 5.17. The lowest BCUT2D eigenvalue weighted by Crippen LogP contribution is -2.37. The molecule has 7 nitrogen and oxygen atoms in total. The van der Waals surface area contributed by atoms with E-state index in [0.29, 0.717) is 6.54 Å². The Hall–Kier alpha value is -2.71. The number of likely N-dealkylation sites (N-methyl/N-ethyl adjacent to an activating group) is 1. The second-order valence-electron chi connectivity index (χ2n) is 6.54. The molecule has 0 saturated carbocycles. The van der Waals surface area contributed by atoms with Crippen LogP contribution in [0, 0.1) is 0 Å². The van der Waals surface area contributed by atoms with Crippen LogP contribution in [0.5, 0.6) is 0 Å². The van der Waals surface area contributed by atoms with Gasteiger partial charge in [0.1, 0.15) is 0 Å². The summed E-state index contributed by atoms with van der Waals surface area (Å²) in [6.07, 6.45) is -0.966. The molecular formula is C20H24N2O5S. The van der Waals surface area contributed by atoms with E-state index in [-0.39, 0.29) is 16.4 Å². The lowest BCUT2D eigenvalue weighted by molar-refractivity contribution is -0.139. The van der Waals surface area contributed by atoms with Crippen LogP contribution in [0.25, 0.3) is 0 Å². The molecule has 1 unspecified atom stereocenters. The van der Waals surface area contributed by atoms with Gasteiger partial charge in [-0.05, 0) is 36.8 Å². The van der Waals surface area contributed by atoms with Gasteiger partial charge in [-0.25, -0.2) is 17.5 Å². The van der Waals surface area contributed by atoms with Gasteiger partial charge in [0.05, 0.1) is 10.5 Å². The Labute approximate surface area is 165 Å². The molecule has 0 aliphatic carbocycles. The molecule has 0 aliphatic rings. The minimum Gasteiger partial charge on any atom is -0.449 e. The normalized spacial score (nSPS) is 12.5. The van der Waals surface area contributed by atoms with E-state index in [9.17, 15) is 18.0 Å². The zero-order valence-corrected chi connectivity index (χ0v) is 17.1. The number of hydrogen-bond donors (Lipinski definition) is 0. The summed E-state index contributed by atoms with van der Waals surface area (Å²) in [6.45, 7) is 1.91. The largest absolute Gasteiger partial charge is 0.449 e. The minimum atomic E-state index is -3.58. The number of ether oxygens (including phenoxy) is 1. The van der Waals surface area contributed by atoms with E-state index < -0.39 is 22.1 Å². The molecular weight excluding hydrogens is 380 g/mol. The third-order valence-electron chi connectivity index (χ3n) is 4.14. The molecule has 1 amide bonds. The number of benzene rings is 2. The molecule has 8 heteroatoms. The molecule has 0 radical (unpaired) electrons. The first-order chi connectivity index (χ1) is 13.1. The van der Waals surface area contributed by atoms with Crippen molar-refractivity contribution in [3.05, 3.63) is 65.7 Å². The standard InChI is InChI=1S/C20H24N2O5S/c1-15(19(23)22(4)14-16-8-6-5-7-9-16)27-20(24)17-10-12-18(13-11-17)28(25,26)21(2)3/h5-13,15H,14H2,1-4H3. The highest BCUT2D eigenvalue weighted by Crippen LogP contribution is 2.15. The molecule has 0 heterocycles. The van der Waals surface area contributed by atoms with Crippen LogP contribution in [0.3, 0.4) is 0 Å². The molecule has 2 aromatic rings. The molecule has 0 spiro atoms. The number of amides is 1. The van der Waals surface area contributed by atoms with Crippen LogP contribution in [-0.2, 0) is 26.1 Å². The van der Waals surface area contributed by atoms with E-state index in [1.807, 2.05) is 30.3 Å². The molecule has 28 heavy (non-hydrogen) atoms. The smallest absolute Gasteiger partial charge is 0.338 e. The third-order valence-corrected chi connectivity index (χ3v) is 5.97. The lowest BCUT2D eigenvalue weighted by atomic mass is 10.2. The molecule has 0 bridgehead atoms. The second kappa shape index (κ2) is 8.99. The molecule has 0 saturated heterocycles. The van der Waals surface area contributed by atoms with E-state index in [0.717, 1.165) is 9.87 Å². The summed E-state index contributed by atoms with van der Waals surface area (Å²) in [5.41, 5.74) is 1.14. The molecule has 2 aromatic carbocycles. The molecule has 0 aromatic heterocycles. The van der Waals surface area contributed by atoms with Gasteiger partial charge in [-0.15, -0.1) is 0 Å². The maximum absolute atomic E-state index is 12.4. The molecule has 0 N–H and O–H groups in total. The van der Waals surface area contributed by atoms with Gasteiger partial charge in [-0.3, -0.25) is 4.79 Å². The van der Waals surface area contributed by atoms with E-state index in [1.54, 1.807) is 7.05 Å². The van der Waals surface area contributed by atoms with E-state index in [2.05, 4.69) is 0 Å². The Kier molecular flexibility index (Phi) is 6.93. The Morgan fingerprint density at radius 1 is 0.964 bits per heavy atom. The zero-order valence-electron chi connectivity index (χ0n) is 16.3. The summed E-state index contributed by atoms with van der Waals surface area (Å²) in [5.74, 6) is -1.02. The summed E-state index contributed by atoms with van der Waals surface area (Å²) in [4.78, 5) is 26.3. The number of carbonyl (C=O) groups is 2. The fourth-order valence-corrected chi connectivity index (χ4v) is 3.40. The van der Waals surface area contributed by atoms with Gasteiger partial charge in [0.2, 0.25) is 10.0 Å². The highest BCUT2D eigenvalue weighted by Gasteiger charge is 2.23. The number of hydrogen-bond acceptors (Lipinski definition) is 5. The highest BCUT2D eigenvalue weighted by atomic mass is 32.2. The Balaban J connectivity index is 2.00. The van der Waals surface area contributed by atoms with Crippen LogP contribution in [0.15, 0.2) is 59.5 Å². The van der Waals surface area contributed by atoms with E-state index in [1.165, 1.54) is 50.2 Å². The van der Waals surface area contributed by atoms with Gasteiger partial charge >= 0.3 is 5.97 Å². The van der Waals surface area contributed by atoms with Crippen molar-refractivity contribution in [2.75, 3.05) is 21.1 Å². The number of carbonyl (C=O) groups excluding carboxylic acids is 2. The highest BCUT2D eigenvalue weighted by molar-refractivity contribution is 7.89. The summed E-state index contributed by atoms with van der Waals surface area (Å²) in [6, 6.07) is 14.9. The summed E-state index contributed by atoms with van der Waals surface area (Å²) >= 11 is 0. The number of sulfonamides is 1. The van der Waals surface area contributed by atoms with Crippen LogP contribution >= 0.6 is 0 Å². The van der Waals surface area contributed by atoms with Crippen molar-refractivity contribution in [3.63, 3.8) is 0 Å². The monoisotopic (exact) mass is 404 g/mol. The van der Waals surface area contributed by atoms with Crippen molar-refractivity contribution in [1.82, 2.24) is 9.21 Å². The van der Waals surface area contributed by atoms with Crippen molar-refractivity contribution in [3.8, 4) is 0 Å². The molecule has 2 rings (SSSR count). The van der Waals surface area contributed by atoms with E-state index >= 15 is 0 Å². The average molecular weight is 404 g/mol. The van der Waals surface area contributed by atoms with E-state index in [4.69, 9.17) is 4.74 Å². The van der Waals surface area contributed by atoms with Crippen LogP contribution in [-0.4, -0.2) is 56.7 Å². The SMILES string of the molecule is CC(OC(=O)c1ccc(S(=O)(=O)N(C)C)cc1)C(=O)N(C)Cc1ccccc1. The number of rotatable bonds is 7. The first-order valence-corrected chi connectivity index (χ1v) is 10.1. The Bertz CT molecular complexity index is 925. The maximum atomic E-state index is 12.4.